The minimum atomic E-state index is -1.25. The molecular formula is C28H40FNO6S. The van der Waals surface area contributed by atoms with Gasteiger partial charge in [0.25, 0.3) is 0 Å². The van der Waals surface area contributed by atoms with Crippen molar-refractivity contribution in [1.82, 2.24) is 4.98 Å². The molecule has 3 fully saturated rings. The molecule has 1 aromatic heterocycles. The van der Waals surface area contributed by atoms with Crippen molar-refractivity contribution in [1.29, 1.82) is 0 Å². The van der Waals surface area contributed by atoms with E-state index in [0.717, 1.165) is 30.7 Å². The van der Waals surface area contributed by atoms with Gasteiger partial charge in [-0.05, 0) is 57.9 Å². The second-order valence-corrected chi connectivity index (χ2v) is 12.5. The van der Waals surface area contributed by atoms with Gasteiger partial charge in [-0.1, -0.05) is 26.7 Å². The van der Waals surface area contributed by atoms with Gasteiger partial charge in [0, 0.05) is 17.7 Å². The molecule has 2 N–H and O–H groups in total. The fourth-order valence-electron chi connectivity index (χ4n) is 6.06. The van der Waals surface area contributed by atoms with Crippen LogP contribution in [-0.4, -0.2) is 57.0 Å². The Labute approximate surface area is 222 Å². The number of rotatable bonds is 3. The number of ketones is 1. The van der Waals surface area contributed by atoms with E-state index in [1.165, 1.54) is 17.4 Å². The Morgan fingerprint density at radius 1 is 1.27 bits per heavy atom. The van der Waals surface area contributed by atoms with E-state index in [1.54, 1.807) is 5.38 Å². The summed E-state index contributed by atoms with van der Waals surface area (Å²) in [5.41, 5.74) is -1.07. The normalized spacial score (nSPS) is 37.5. The smallest absolute Gasteiger partial charge is 0.309 e. The van der Waals surface area contributed by atoms with Gasteiger partial charge < -0.3 is 19.7 Å². The molecule has 7 nitrogen and oxygen atoms in total. The average molecular weight is 538 g/mol. The summed E-state index contributed by atoms with van der Waals surface area (Å²) in [7, 11) is 0. The van der Waals surface area contributed by atoms with Gasteiger partial charge in [0.05, 0.1) is 46.5 Å². The molecule has 0 aromatic carbocycles. The predicted octanol–water partition coefficient (Wildman–Crippen LogP) is 4.92. The molecule has 4 rings (SSSR count). The topological polar surface area (TPSA) is 109 Å². The molecule has 1 aromatic rings. The lowest BCUT2D eigenvalue weighted by Gasteiger charge is -2.46. The third-order valence-corrected chi connectivity index (χ3v) is 9.60. The molecule has 0 radical (unpaired) electrons. The number of esters is 1. The van der Waals surface area contributed by atoms with E-state index in [2.05, 4.69) is 4.98 Å². The number of epoxide rings is 1. The maximum absolute atomic E-state index is 15.4. The fraction of sp³-hybridized carbons (Fsp3) is 0.750. The van der Waals surface area contributed by atoms with Crippen LogP contribution >= 0.6 is 11.3 Å². The number of ether oxygens (including phenoxy) is 2. The molecule has 7 atom stereocenters. The molecule has 1 spiro atoms. The largest absolute Gasteiger partial charge is 0.455 e. The minimum absolute atomic E-state index is 0.100. The van der Waals surface area contributed by atoms with Crippen LogP contribution in [-0.2, 0) is 19.1 Å². The highest BCUT2D eigenvalue weighted by atomic mass is 32.1. The van der Waals surface area contributed by atoms with Gasteiger partial charge in [-0.25, -0.2) is 9.37 Å². The first-order valence-corrected chi connectivity index (χ1v) is 14.4. The highest BCUT2D eigenvalue weighted by Crippen LogP contribution is 2.49. The molecule has 3 heterocycles. The Morgan fingerprint density at radius 2 is 2.00 bits per heavy atom. The summed E-state index contributed by atoms with van der Waals surface area (Å²) < 4.78 is 26.9. The summed E-state index contributed by atoms with van der Waals surface area (Å²) >= 11 is 1.40. The number of nitrogens with zero attached hydrogens (tertiary/aromatic N) is 1. The molecule has 0 amide bonds. The van der Waals surface area contributed by atoms with Gasteiger partial charge >= 0.3 is 5.97 Å². The standard InChI is InChI=1S/C28H40FNO6S/c1-5-19-25(33)16(2)8-6-9-27(4)23(36-27)13-21(20(29)12-18-15-37-17(3)30-18)35-24(32)14-22(31)28(26(19)34)10-7-11-28/h12,15-16,19,21-23,25,31,33H,5-11,13-14H2,1-4H3/t16-,19+,21-,22-,23-,25-,27+/m0/s1. The van der Waals surface area contributed by atoms with Gasteiger partial charge in [0.15, 0.2) is 6.10 Å². The Kier molecular flexibility index (Phi) is 8.58. The number of carbonyl (C=O) groups is 2. The van der Waals surface area contributed by atoms with Gasteiger partial charge in [0.2, 0.25) is 0 Å². The highest BCUT2D eigenvalue weighted by Gasteiger charge is 2.55. The highest BCUT2D eigenvalue weighted by molar-refractivity contribution is 7.09. The summed E-state index contributed by atoms with van der Waals surface area (Å²) in [6.07, 6.45) is 1.91. The fourth-order valence-corrected chi connectivity index (χ4v) is 6.63. The Morgan fingerprint density at radius 3 is 2.59 bits per heavy atom. The van der Waals surface area contributed by atoms with Crippen molar-refractivity contribution in [2.24, 2.45) is 17.3 Å². The van der Waals surface area contributed by atoms with Gasteiger partial charge in [-0.2, -0.15) is 0 Å². The third kappa shape index (κ3) is 6.00. The lowest BCUT2D eigenvalue weighted by Crippen LogP contribution is -2.53. The SMILES string of the molecule is CC[C@H]1C(=O)C2(CCC2)[C@@H](O)CC(=O)O[C@H](C(F)=Cc2csc(C)n2)C[C@@H]2O[C@]2(C)CCC[C@H](C)[C@@H]1O. The quantitative estimate of drug-likeness (QED) is 0.416. The summed E-state index contributed by atoms with van der Waals surface area (Å²) in [5.74, 6) is -2.26. The number of aryl methyl sites for hydroxylation is 1. The van der Waals surface area contributed by atoms with Gasteiger partial charge in [-0.15, -0.1) is 11.3 Å². The lowest BCUT2D eigenvalue weighted by molar-refractivity contribution is -0.162. The zero-order valence-corrected chi connectivity index (χ0v) is 23.1. The van der Waals surface area contributed by atoms with E-state index in [-0.39, 0.29) is 24.2 Å². The number of aromatic nitrogens is 1. The van der Waals surface area contributed by atoms with Crippen molar-refractivity contribution in [2.75, 3.05) is 0 Å². The van der Waals surface area contributed by atoms with E-state index in [0.29, 0.717) is 25.0 Å². The maximum atomic E-state index is 15.4. The Bertz CT molecular complexity index is 1020. The molecule has 2 saturated heterocycles. The Hall–Kier alpha value is -1.68. The van der Waals surface area contributed by atoms with E-state index in [9.17, 15) is 19.8 Å². The van der Waals surface area contributed by atoms with Crippen molar-refractivity contribution >= 4 is 29.2 Å². The number of fused-ring (bicyclic) bond motifs is 1. The van der Waals surface area contributed by atoms with Crippen LogP contribution in [0.2, 0.25) is 0 Å². The second kappa shape index (κ2) is 11.2. The van der Waals surface area contributed by atoms with Crippen molar-refractivity contribution in [3.05, 3.63) is 21.9 Å². The monoisotopic (exact) mass is 537 g/mol. The summed E-state index contributed by atoms with van der Waals surface area (Å²) in [4.78, 5) is 30.9. The number of thiazole rings is 1. The van der Waals surface area contributed by atoms with Crippen LogP contribution in [0.1, 0.15) is 89.3 Å². The zero-order chi connectivity index (χ0) is 27.0. The first-order chi connectivity index (χ1) is 17.5. The van der Waals surface area contributed by atoms with Crippen LogP contribution in [0.4, 0.5) is 4.39 Å². The zero-order valence-electron chi connectivity index (χ0n) is 22.2. The molecule has 9 heteroatoms. The first kappa shape index (κ1) is 28.3. The van der Waals surface area contributed by atoms with Crippen LogP contribution in [0.3, 0.4) is 0 Å². The van der Waals surface area contributed by atoms with Crippen LogP contribution in [0.5, 0.6) is 0 Å². The van der Waals surface area contributed by atoms with Crippen molar-refractivity contribution < 1.29 is 33.7 Å². The van der Waals surface area contributed by atoms with Crippen LogP contribution in [0.15, 0.2) is 11.2 Å². The number of halogens is 1. The van der Waals surface area contributed by atoms with Crippen LogP contribution < -0.4 is 0 Å². The van der Waals surface area contributed by atoms with Gasteiger partial charge in [0.1, 0.15) is 11.6 Å². The average Bonchev–Trinajstić information content (AvgIpc) is 3.24. The van der Waals surface area contributed by atoms with E-state index in [1.807, 2.05) is 27.7 Å². The number of hydrogen-bond acceptors (Lipinski definition) is 8. The predicted molar refractivity (Wildman–Crippen MR) is 138 cm³/mol. The molecule has 2 aliphatic heterocycles. The third-order valence-electron chi connectivity index (χ3n) is 8.81. The maximum Gasteiger partial charge on any atom is 0.309 e. The van der Waals surface area contributed by atoms with Crippen LogP contribution in [0, 0.1) is 24.2 Å². The van der Waals surface area contributed by atoms with Crippen molar-refractivity contribution in [2.45, 2.75) is 115 Å². The number of hydrogen-bond donors (Lipinski definition) is 2. The number of aliphatic hydroxyl groups is 2. The van der Waals surface area contributed by atoms with E-state index >= 15 is 4.39 Å². The molecule has 0 bridgehead atoms. The molecule has 0 unspecified atom stereocenters. The molecule has 206 valence electrons. The minimum Gasteiger partial charge on any atom is -0.455 e. The molecule has 1 aliphatic carbocycles. The van der Waals surface area contributed by atoms with Crippen molar-refractivity contribution in [3.8, 4) is 0 Å². The van der Waals surface area contributed by atoms with Crippen molar-refractivity contribution in [3.63, 3.8) is 0 Å². The lowest BCUT2D eigenvalue weighted by atomic mass is 9.58. The summed E-state index contributed by atoms with van der Waals surface area (Å²) in [6, 6.07) is 0. The number of carbonyl (C=O) groups excluding carboxylic acids is 2. The summed E-state index contributed by atoms with van der Waals surface area (Å²) in [5, 5.41) is 24.7. The number of aliphatic hydroxyl groups excluding tert-OH is 2. The van der Waals surface area contributed by atoms with E-state index in [4.69, 9.17) is 9.47 Å². The molecule has 1 saturated carbocycles. The Balaban J connectivity index is 1.59. The number of Topliss-reactive ketones (excluding diaryl/α,β-unsaturated/α-hetero) is 1. The molecular weight excluding hydrogens is 497 g/mol. The molecule has 3 aliphatic rings. The second-order valence-electron chi connectivity index (χ2n) is 11.4. The molecule has 37 heavy (non-hydrogen) atoms. The number of cyclic esters (lactones) is 1. The summed E-state index contributed by atoms with van der Waals surface area (Å²) in [6.45, 7) is 7.62. The van der Waals surface area contributed by atoms with Gasteiger partial charge in [-0.3, -0.25) is 9.59 Å². The van der Waals surface area contributed by atoms with Crippen LogP contribution in [0.25, 0.3) is 6.08 Å². The first-order valence-electron chi connectivity index (χ1n) is 13.6. The van der Waals surface area contributed by atoms with E-state index < -0.39 is 53.5 Å².